The lowest BCUT2D eigenvalue weighted by molar-refractivity contribution is 0.287. The zero-order valence-electron chi connectivity index (χ0n) is 4.26. The van der Waals surface area contributed by atoms with Crippen molar-refractivity contribution in [2.45, 2.75) is 18.9 Å². The number of hydrogen-bond donors (Lipinski definition) is 1. The second-order valence-electron chi connectivity index (χ2n) is 1.39. The fourth-order valence-corrected chi connectivity index (χ4v) is 0.795. The maximum Gasteiger partial charge on any atom is 0.261 e. The van der Waals surface area contributed by atoms with Gasteiger partial charge in [0.2, 0.25) is 0 Å². The smallest absolute Gasteiger partial charge is 0.261 e. The summed E-state index contributed by atoms with van der Waals surface area (Å²) < 4.78 is 9.81. The van der Waals surface area contributed by atoms with Crippen molar-refractivity contribution in [1.82, 2.24) is 0 Å². The summed E-state index contributed by atoms with van der Waals surface area (Å²) in [4.78, 5) is 0. The van der Waals surface area contributed by atoms with Crippen molar-refractivity contribution in [3.8, 4) is 0 Å². The van der Waals surface area contributed by atoms with Gasteiger partial charge >= 0.3 is 0 Å². The quantitative estimate of drug-likeness (QED) is 0.415. The van der Waals surface area contributed by atoms with Gasteiger partial charge < -0.3 is 9.57 Å². The highest BCUT2D eigenvalue weighted by molar-refractivity contribution is 6.16. The Morgan fingerprint density at radius 1 is 1.43 bits per heavy atom. The van der Waals surface area contributed by atoms with Gasteiger partial charge in [-0.15, -0.1) is 0 Å². The number of aliphatic hydroxyl groups excluding tert-OH is 1. The SMILES string of the molecule is O=[SiH]CCCCO. The average molecular weight is 118 g/mol. The minimum Gasteiger partial charge on any atom is -0.396 e. The van der Waals surface area contributed by atoms with Crippen LogP contribution in [-0.2, 0) is 4.46 Å². The lowest BCUT2D eigenvalue weighted by Crippen LogP contribution is -1.81. The van der Waals surface area contributed by atoms with Gasteiger partial charge in [0, 0.05) is 6.61 Å². The van der Waals surface area contributed by atoms with Gasteiger partial charge in [0.15, 0.2) is 0 Å². The van der Waals surface area contributed by atoms with Crippen LogP contribution in [0.15, 0.2) is 0 Å². The Morgan fingerprint density at radius 3 is 2.57 bits per heavy atom. The molecule has 42 valence electrons. The molecule has 0 aliphatic heterocycles. The van der Waals surface area contributed by atoms with E-state index in [1.54, 1.807) is 0 Å². The van der Waals surface area contributed by atoms with E-state index in [-0.39, 0.29) is 6.61 Å². The van der Waals surface area contributed by atoms with Crippen LogP contribution in [0.25, 0.3) is 0 Å². The van der Waals surface area contributed by atoms with Gasteiger partial charge in [0.1, 0.15) is 0 Å². The van der Waals surface area contributed by atoms with E-state index in [1.165, 1.54) is 0 Å². The third-order valence-electron chi connectivity index (χ3n) is 0.730. The van der Waals surface area contributed by atoms with Crippen molar-refractivity contribution >= 4 is 9.41 Å². The molecule has 0 aromatic rings. The number of rotatable bonds is 4. The minimum atomic E-state index is -0.580. The molecule has 0 bridgehead atoms. The van der Waals surface area contributed by atoms with E-state index in [9.17, 15) is 4.46 Å². The normalized spacial score (nSPS) is 8.71. The zero-order chi connectivity index (χ0) is 5.54. The van der Waals surface area contributed by atoms with Gasteiger partial charge in [-0.3, -0.25) is 0 Å². The Labute approximate surface area is 45.4 Å². The molecule has 0 atom stereocenters. The predicted octanol–water partition coefficient (Wildman–Crippen LogP) is -0.0408. The summed E-state index contributed by atoms with van der Waals surface area (Å²) in [6.45, 7) is 0.236. The Balaban J connectivity index is 2.56. The molecule has 0 aliphatic rings. The van der Waals surface area contributed by atoms with E-state index < -0.39 is 9.41 Å². The molecular weight excluding hydrogens is 108 g/mol. The molecule has 0 saturated heterocycles. The first-order chi connectivity index (χ1) is 3.41. The largest absolute Gasteiger partial charge is 0.396 e. The van der Waals surface area contributed by atoms with E-state index in [0.29, 0.717) is 0 Å². The standard InChI is InChI=1S/C4H10O2Si/c5-3-1-2-4-7-6/h5,7H,1-4H2. The van der Waals surface area contributed by atoms with E-state index >= 15 is 0 Å². The Morgan fingerprint density at radius 2 is 2.14 bits per heavy atom. The van der Waals surface area contributed by atoms with Gasteiger partial charge in [-0.1, -0.05) is 0 Å². The number of hydrogen-bond acceptors (Lipinski definition) is 2. The van der Waals surface area contributed by atoms with Crippen LogP contribution < -0.4 is 0 Å². The molecule has 1 N–H and O–H groups in total. The molecule has 0 aromatic carbocycles. The predicted molar refractivity (Wildman–Crippen MR) is 29.0 cm³/mol. The molecule has 0 saturated carbocycles. The molecule has 0 rings (SSSR count). The van der Waals surface area contributed by atoms with Gasteiger partial charge in [-0.2, -0.15) is 0 Å². The van der Waals surface area contributed by atoms with Gasteiger partial charge in [0.25, 0.3) is 9.41 Å². The Bertz CT molecular complexity index is 47.0. The summed E-state index contributed by atoms with van der Waals surface area (Å²) in [5.41, 5.74) is 0. The van der Waals surface area contributed by atoms with E-state index in [1.807, 2.05) is 0 Å². The first-order valence-electron chi connectivity index (χ1n) is 2.46. The molecule has 0 aliphatic carbocycles. The van der Waals surface area contributed by atoms with E-state index in [4.69, 9.17) is 5.11 Å². The van der Waals surface area contributed by atoms with Crippen molar-refractivity contribution in [1.29, 1.82) is 0 Å². The van der Waals surface area contributed by atoms with Gasteiger partial charge in [0.05, 0.1) is 0 Å². The Hall–Kier alpha value is -0.0231. The summed E-state index contributed by atoms with van der Waals surface area (Å²) in [7, 11) is -0.580. The van der Waals surface area contributed by atoms with Crippen molar-refractivity contribution in [2.24, 2.45) is 0 Å². The molecule has 0 aromatic heterocycles. The fraction of sp³-hybridized carbons (Fsp3) is 1.00. The van der Waals surface area contributed by atoms with Crippen LogP contribution in [0.5, 0.6) is 0 Å². The summed E-state index contributed by atoms with van der Waals surface area (Å²) in [5.74, 6) is 0. The summed E-state index contributed by atoms with van der Waals surface area (Å²) in [6, 6.07) is 0.792. The van der Waals surface area contributed by atoms with Crippen LogP contribution in [-0.4, -0.2) is 21.1 Å². The molecule has 0 amide bonds. The average Bonchev–Trinajstić information content (AvgIpc) is 1.69. The van der Waals surface area contributed by atoms with E-state index in [0.717, 1.165) is 18.9 Å². The molecule has 0 spiro atoms. The van der Waals surface area contributed by atoms with Crippen LogP contribution in [0.4, 0.5) is 0 Å². The summed E-state index contributed by atoms with van der Waals surface area (Å²) in [5, 5.41) is 8.20. The first-order valence-corrected chi connectivity index (χ1v) is 3.75. The summed E-state index contributed by atoms with van der Waals surface area (Å²) >= 11 is 0. The minimum absolute atomic E-state index is 0.236. The first kappa shape index (κ1) is 6.98. The number of unbranched alkanes of at least 4 members (excludes halogenated alkanes) is 1. The van der Waals surface area contributed by atoms with Gasteiger partial charge in [-0.05, 0) is 18.9 Å². The van der Waals surface area contributed by atoms with Gasteiger partial charge in [-0.25, -0.2) is 0 Å². The lowest BCUT2D eigenvalue weighted by atomic mass is 10.4. The highest BCUT2D eigenvalue weighted by Gasteiger charge is 1.82. The topological polar surface area (TPSA) is 37.3 Å². The third kappa shape index (κ3) is 5.98. The molecule has 0 fully saturated rings. The maximum atomic E-state index is 9.81. The zero-order valence-corrected chi connectivity index (χ0v) is 5.42. The van der Waals surface area contributed by atoms with Crippen molar-refractivity contribution in [2.75, 3.05) is 6.61 Å². The van der Waals surface area contributed by atoms with Crippen molar-refractivity contribution in [3.05, 3.63) is 0 Å². The molecule has 0 heterocycles. The van der Waals surface area contributed by atoms with Crippen molar-refractivity contribution in [3.63, 3.8) is 0 Å². The lowest BCUT2D eigenvalue weighted by Gasteiger charge is -1.85. The molecule has 2 nitrogen and oxygen atoms in total. The molecule has 3 heteroatoms. The molecular formula is C4H10O2Si. The fourth-order valence-electron chi connectivity index (χ4n) is 0.339. The van der Waals surface area contributed by atoms with Crippen LogP contribution in [0.1, 0.15) is 12.8 Å². The van der Waals surface area contributed by atoms with Crippen LogP contribution in [0.2, 0.25) is 6.04 Å². The van der Waals surface area contributed by atoms with Crippen LogP contribution >= 0.6 is 0 Å². The second kappa shape index (κ2) is 5.98. The molecule has 0 unspecified atom stereocenters. The highest BCUT2D eigenvalue weighted by Crippen LogP contribution is 1.89. The molecule has 7 heavy (non-hydrogen) atoms. The number of aliphatic hydroxyl groups is 1. The highest BCUT2D eigenvalue weighted by atomic mass is 28.2. The third-order valence-corrected chi connectivity index (χ3v) is 1.37. The van der Waals surface area contributed by atoms with Crippen LogP contribution in [0.3, 0.4) is 0 Å². The molecule has 0 radical (unpaired) electrons. The summed E-state index contributed by atoms with van der Waals surface area (Å²) in [6.07, 6.45) is 1.71. The maximum absolute atomic E-state index is 9.81. The van der Waals surface area contributed by atoms with E-state index in [2.05, 4.69) is 0 Å². The Kier molecular flexibility index (Phi) is 5.96. The monoisotopic (exact) mass is 118 g/mol. The van der Waals surface area contributed by atoms with Crippen LogP contribution in [0, 0.1) is 0 Å². The second-order valence-corrected chi connectivity index (χ2v) is 2.30. The van der Waals surface area contributed by atoms with Crippen molar-refractivity contribution < 1.29 is 9.57 Å².